The Labute approximate surface area is 48.8 Å². The Balaban J connectivity index is 3.25. The van der Waals surface area contributed by atoms with Gasteiger partial charge in [0.1, 0.15) is 0 Å². The maximum Gasteiger partial charge on any atom is 0.311 e. The Bertz CT molecular complexity index is 80.5. The molecule has 0 spiro atoms. The van der Waals surface area contributed by atoms with Crippen molar-refractivity contribution in [1.29, 1.82) is 0 Å². The second-order valence-corrected chi connectivity index (χ2v) is 1.89. The van der Waals surface area contributed by atoms with Crippen molar-refractivity contribution in [2.24, 2.45) is 0 Å². The van der Waals surface area contributed by atoms with E-state index < -0.39 is 0 Å². The molecule has 0 saturated heterocycles. The van der Waals surface area contributed by atoms with Crippen LogP contribution in [0.5, 0.6) is 0 Å². The van der Waals surface area contributed by atoms with E-state index in [1.807, 2.05) is 6.92 Å². The molecule has 0 rings (SSSR count). The van der Waals surface area contributed by atoms with Gasteiger partial charge in [0.25, 0.3) is 0 Å². The smallest absolute Gasteiger partial charge is 0.311 e. The topological polar surface area (TPSA) is 53.9 Å². The predicted molar refractivity (Wildman–Crippen MR) is 29.0 cm³/mol. The molecule has 8 heavy (non-hydrogen) atoms. The maximum absolute atomic E-state index is 10.4. The lowest BCUT2D eigenvalue weighted by Crippen LogP contribution is -2.59. The molecule has 0 aliphatic heterocycles. The zero-order valence-corrected chi connectivity index (χ0v) is 5.31. The van der Waals surface area contributed by atoms with E-state index in [-0.39, 0.29) is 12.0 Å². The van der Waals surface area contributed by atoms with Gasteiger partial charge in [-0.3, -0.25) is 4.79 Å². The summed E-state index contributed by atoms with van der Waals surface area (Å²) in [5.74, 6) is -0.187. The number of carbonyl (C=O) groups is 1. The van der Waals surface area contributed by atoms with Gasteiger partial charge in [-0.25, -0.2) is 0 Å². The van der Waals surface area contributed by atoms with Crippen LogP contribution >= 0.6 is 0 Å². The minimum atomic E-state index is -0.187. The van der Waals surface area contributed by atoms with Crippen molar-refractivity contribution in [3.63, 3.8) is 0 Å². The van der Waals surface area contributed by atoms with Gasteiger partial charge in [-0.15, -0.1) is 0 Å². The van der Waals surface area contributed by atoms with Crippen LogP contribution in [-0.2, 0) is 9.53 Å². The third-order valence-electron chi connectivity index (χ3n) is 0.743. The van der Waals surface area contributed by atoms with Crippen LogP contribution in [0, 0.1) is 0 Å². The quantitative estimate of drug-likeness (QED) is 0.482. The van der Waals surface area contributed by atoms with Crippen molar-refractivity contribution >= 4 is 5.97 Å². The van der Waals surface area contributed by atoms with Crippen molar-refractivity contribution in [2.45, 2.75) is 19.4 Å². The molecule has 48 valence electrons. The molecule has 0 aliphatic rings. The molecule has 0 bridgehead atoms. The SMILES string of the molecule is COC(=O)C[C@H](C)[NH3+]. The fourth-order valence-electron chi connectivity index (χ4n) is 0.368. The first kappa shape index (κ1) is 7.43. The second kappa shape index (κ2) is 3.43. The van der Waals surface area contributed by atoms with Gasteiger partial charge < -0.3 is 10.5 Å². The average molecular weight is 118 g/mol. The summed E-state index contributed by atoms with van der Waals surface area (Å²) in [6.45, 7) is 1.87. The van der Waals surface area contributed by atoms with Gasteiger partial charge in [0.05, 0.1) is 19.6 Å². The lowest BCUT2D eigenvalue weighted by atomic mass is 10.3. The molecule has 0 aliphatic carbocycles. The highest BCUT2D eigenvalue weighted by Crippen LogP contribution is 1.84. The molecule has 0 radical (unpaired) electrons. The first-order chi connectivity index (χ1) is 3.66. The van der Waals surface area contributed by atoms with E-state index in [2.05, 4.69) is 10.5 Å². The summed E-state index contributed by atoms with van der Waals surface area (Å²) in [7, 11) is 1.38. The number of carbonyl (C=O) groups excluding carboxylic acids is 1. The van der Waals surface area contributed by atoms with Gasteiger partial charge >= 0.3 is 5.97 Å². The van der Waals surface area contributed by atoms with Crippen LogP contribution < -0.4 is 5.73 Å². The molecule has 0 fully saturated rings. The minimum absolute atomic E-state index is 0.155. The predicted octanol–water partition coefficient (Wildman–Crippen LogP) is -0.820. The Hall–Kier alpha value is -0.570. The molecule has 0 unspecified atom stereocenters. The Morgan fingerprint density at radius 3 is 2.50 bits per heavy atom. The molecular formula is C5H12NO2+. The molecule has 0 aromatic heterocycles. The zero-order valence-electron chi connectivity index (χ0n) is 5.31. The fourth-order valence-corrected chi connectivity index (χ4v) is 0.368. The minimum Gasteiger partial charge on any atom is -0.469 e. The number of hydrogen-bond donors (Lipinski definition) is 1. The molecular weight excluding hydrogens is 106 g/mol. The standard InChI is InChI=1S/C5H11NO2/c1-4(6)3-5(7)8-2/h4H,3,6H2,1-2H3/p+1/t4-/m0/s1. The third kappa shape index (κ3) is 3.61. The van der Waals surface area contributed by atoms with Crippen LogP contribution in [0.2, 0.25) is 0 Å². The van der Waals surface area contributed by atoms with Crippen LogP contribution in [-0.4, -0.2) is 19.1 Å². The maximum atomic E-state index is 10.4. The summed E-state index contributed by atoms with van der Waals surface area (Å²) in [6.07, 6.45) is 0.413. The number of ether oxygens (including phenoxy) is 1. The first-order valence-electron chi connectivity index (χ1n) is 2.56. The van der Waals surface area contributed by atoms with Crippen molar-refractivity contribution < 1.29 is 15.3 Å². The summed E-state index contributed by atoms with van der Waals surface area (Å²) >= 11 is 0. The average Bonchev–Trinajstić information content (AvgIpc) is 1.65. The number of rotatable bonds is 2. The first-order valence-corrected chi connectivity index (χ1v) is 2.56. The lowest BCUT2D eigenvalue weighted by molar-refractivity contribution is -0.413. The molecule has 3 N–H and O–H groups in total. The zero-order chi connectivity index (χ0) is 6.57. The Kier molecular flexibility index (Phi) is 3.19. The van der Waals surface area contributed by atoms with Crippen molar-refractivity contribution in [3.8, 4) is 0 Å². The van der Waals surface area contributed by atoms with E-state index in [1.54, 1.807) is 0 Å². The Morgan fingerprint density at radius 2 is 2.38 bits per heavy atom. The van der Waals surface area contributed by atoms with Gasteiger partial charge in [-0.05, 0) is 6.92 Å². The van der Waals surface area contributed by atoms with Gasteiger partial charge in [-0.1, -0.05) is 0 Å². The number of hydrogen-bond acceptors (Lipinski definition) is 2. The van der Waals surface area contributed by atoms with Crippen LogP contribution in [0.15, 0.2) is 0 Å². The molecule has 3 heteroatoms. The van der Waals surface area contributed by atoms with E-state index in [0.717, 1.165) is 0 Å². The summed E-state index contributed by atoms with van der Waals surface area (Å²) < 4.78 is 4.38. The molecule has 3 nitrogen and oxygen atoms in total. The van der Waals surface area contributed by atoms with Gasteiger partial charge in [-0.2, -0.15) is 0 Å². The third-order valence-corrected chi connectivity index (χ3v) is 0.743. The highest BCUT2D eigenvalue weighted by molar-refractivity contribution is 5.69. The summed E-state index contributed by atoms with van der Waals surface area (Å²) in [5.41, 5.74) is 3.63. The molecule has 0 amide bonds. The van der Waals surface area contributed by atoms with Crippen LogP contribution in [0.4, 0.5) is 0 Å². The number of quaternary nitrogens is 1. The van der Waals surface area contributed by atoms with Crippen molar-refractivity contribution in [1.82, 2.24) is 0 Å². The number of esters is 1. The number of methoxy groups -OCH3 is 1. The normalized spacial score (nSPS) is 12.9. The molecule has 0 heterocycles. The van der Waals surface area contributed by atoms with Crippen molar-refractivity contribution in [3.05, 3.63) is 0 Å². The summed E-state index contributed by atoms with van der Waals surface area (Å²) in [6, 6.07) is 0.155. The van der Waals surface area contributed by atoms with E-state index >= 15 is 0 Å². The highest BCUT2D eigenvalue weighted by atomic mass is 16.5. The van der Waals surface area contributed by atoms with Gasteiger partial charge in [0, 0.05) is 0 Å². The van der Waals surface area contributed by atoms with Crippen LogP contribution in [0.1, 0.15) is 13.3 Å². The molecule has 0 aromatic carbocycles. The summed E-state index contributed by atoms with van der Waals surface area (Å²) in [5, 5.41) is 0. The van der Waals surface area contributed by atoms with E-state index in [1.165, 1.54) is 7.11 Å². The highest BCUT2D eigenvalue weighted by Gasteiger charge is 2.04. The van der Waals surface area contributed by atoms with Gasteiger partial charge in [0.2, 0.25) is 0 Å². The largest absolute Gasteiger partial charge is 0.469 e. The molecule has 0 saturated carbocycles. The summed E-state index contributed by atoms with van der Waals surface area (Å²) in [4.78, 5) is 10.4. The van der Waals surface area contributed by atoms with Gasteiger partial charge in [0.15, 0.2) is 0 Å². The Morgan fingerprint density at radius 1 is 1.88 bits per heavy atom. The molecule has 0 aromatic rings. The van der Waals surface area contributed by atoms with Crippen LogP contribution in [0.25, 0.3) is 0 Å². The van der Waals surface area contributed by atoms with E-state index in [4.69, 9.17) is 0 Å². The molecule has 1 atom stereocenters. The van der Waals surface area contributed by atoms with Crippen LogP contribution in [0.3, 0.4) is 0 Å². The fraction of sp³-hybridized carbons (Fsp3) is 0.800. The van der Waals surface area contributed by atoms with E-state index in [9.17, 15) is 4.79 Å². The lowest BCUT2D eigenvalue weighted by Gasteiger charge is -1.97. The second-order valence-electron chi connectivity index (χ2n) is 1.89. The van der Waals surface area contributed by atoms with Crippen molar-refractivity contribution in [2.75, 3.05) is 7.11 Å². The van der Waals surface area contributed by atoms with E-state index in [0.29, 0.717) is 6.42 Å². The monoisotopic (exact) mass is 118 g/mol.